The Morgan fingerprint density at radius 2 is 1.63 bits per heavy atom. The maximum atomic E-state index is 12.5. The minimum Gasteiger partial charge on any atom is -0.381 e. The highest BCUT2D eigenvalue weighted by atomic mass is 32.2. The zero-order valence-electron chi connectivity index (χ0n) is 11.0. The molecule has 2 atom stereocenters. The molecule has 3 rings (SSSR count). The molecule has 0 aromatic carbocycles. The Kier molecular flexibility index (Phi) is 4.09. The van der Waals surface area contributed by atoms with Crippen LogP contribution in [0.3, 0.4) is 0 Å². The third-order valence-electron chi connectivity index (χ3n) is 3.99. The number of fused-ring (bicyclic) bond motifs is 2. The van der Waals surface area contributed by atoms with Crippen molar-refractivity contribution >= 4 is 10.0 Å². The van der Waals surface area contributed by atoms with E-state index in [2.05, 4.69) is 0 Å². The topological polar surface area (TPSA) is 65.1 Å². The van der Waals surface area contributed by atoms with E-state index in [1.165, 1.54) is 0 Å². The molecule has 2 unspecified atom stereocenters. The summed E-state index contributed by atoms with van der Waals surface area (Å²) in [6.07, 6.45) is 1.49. The van der Waals surface area contributed by atoms with Gasteiger partial charge < -0.3 is 14.2 Å². The lowest BCUT2D eigenvalue weighted by atomic mass is 10.0. The number of hydrogen-bond donors (Lipinski definition) is 0. The maximum Gasteiger partial charge on any atom is 0.214 e. The van der Waals surface area contributed by atoms with E-state index >= 15 is 0 Å². The maximum absolute atomic E-state index is 12.5. The Morgan fingerprint density at radius 3 is 2.26 bits per heavy atom. The van der Waals surface area contributed by atoms with Gasteiger partial charge in [-0.3, -0.25) is 0 Å². The van der Waals surface area contributed by atoms with Crippen molar-refractivity contribution in [3.8, 4) is 0 Å². The Labute approximate surface area is 114 Å². The molecule has 0 aromatic heterocycles. The van der Waals surface area contributed by atoms with Gasteiger partial charge in [0.25, 0.3) is 0 Å². The van der Waals surface area contributed by atoms with Crippen LogP contribution in [-0.4, -0.2) is 70.2 Å². The lowest BCUT2D eigenvalue weighted by Gasteiger charge is -2.41. The molecule has 0 aromatic rings. The first-order valence-corrected chi connectivity index (χ1v) is 8.53. The van der Waals surface area contributed by atoms with Crippen LogP contribution in [-0.2, 0) is 24.2 Å². The number of nitrogens with zero attached hydrogens (tertiary/aromatic N) is 1. The fourth-order valence-corrected chi connectivity index (χ4v) is 4.87. The summed E-state index contributed by atoms with van der Waals surface area (Å²) in [6, 6.07) is 0. The van der Waals surface area contributed by atoms with Gasteiger partial charge in [0.15, 0.2) is 0 Å². The molecule has 3 heterocycles. The number of rotatable bonds is 3. The van der Waals surface area contributed by atoms with E-state index in [9.17, 15) is 8.42 Å². The zero-order chi connectivity index (χ0) is 13.3. The highest BCUT2D eigenvalue weighted by molar-refractivity contribution is 7.89. The second-order valence-corrected chi connectivity index (χ2v) is 7.58. The highest BCUT2D eigenvalue weighted by Crippen LogP contribution is 2.23. The molecule has 0 radical (unpaired) electrons. The summed E-state index contributed by atoms with van der Waals surface area (Å²) in [5, 5.41) is 0. The van der Waals surface area contributed by atoms with E-state index in [0.29, 0.717) is 39.5 Å². The Hall–Kier alpha value is -0.210. The summed E-state index contributed by atoms with van der Waals surface area (Å²) in [5.74, 6) is 0.481. The van der Waals surface area contributed by atoms with Crippen molar-refractivity contribution in [2.45, 2.75) is 25.0 Å². The normalized spacial score (nSPS) is 34.3. The van der Waals surface area contributed by atoms with Crippen molar-refractivity contribution < 1.29 is 22.6 Å². The van der Waals surface area contributed by atoms with Gasteiger partial charge in [0, 0.05) is 26.3 Å². The van der Waals surface area contributed by atoms with Crippen LogP contribution >= 0.6 is 0 Å². The van der Waals surface area contributed by atoms with Gasteiger partial charge in [-0.15, -0.1) is 0 Å². The first-order chi connectivity index (χ1) is 9.13. The van der Waals surface area contributed by atoms with Gasteiger partial charge in [-0.05, 0) is 18.8 Å². The van der Waals surface area contributed by atoms with Crippen molar-refractivity contribution in [2.24, 2.45) is 5.92 Å². The number of ether oxygens (including phenoxy) is 3. The Bertz CT molecular complexity index is 394. The van der Waals surface area contributed by atoms with Crippen LogP contribution < -0.4 is 0 Å². The van der Waals surface area contributed by atoms with Gasteiger partial charge in [-0.1, -0.05) is 0 Å². The van der Waals surface area contributed by atoms with Crippen LogP contribution in [0.4, 0.5) is 0 Å². The fourth-order valence-electron chi connectivity index (χ4n) is 2.95. The summed E-state index contributed by atoms with van der Waals surface area (Å²) >= 11 is 0. The molecule has 2 bridgehead atoms. The molecular weight excluding hydrogens is 270 g/mol. The summed E-state index contributed by atoms with van der Waals surface area (Å²) in [7, 11) is -3.18. The minimum atomic E-state index is -3.18. The van der Waals surface area contributed by atoms with Gasteiger partial charge in [-0.25, -0.2) is 8.42 Å². The molecule has 7 heteroatoms. The van der Waals surface area contributed by atoms with E-state index < -0.39 is 10.0 Å². The molecule has 19 heavy (non-hydrogen) atoms. The van der Waals surface area contributed by atoms with E-state index in [4.69, 9.17) is 14.2 Å². The largest absolute Gasteiger partial charge is 0.381 e. The quantitative estimate of drug-likeness (QED) is 0.723. The van der Waals surface area contributed by atoms with Crippen LogP contribution in [0.5, 0.6) is 0 Å². The van der Waals surface area contributed by atoms with Crippen molar-refractivity contribution in [1.82, 2.24) is 4.31 Å². The first kappa shape index (κ1) is 13.8. The third kappa shape index (κ3) is 3.28. The van der Waals surface area contributed by atoms with Gasteiger partial charge in [0.1, 0.15) is 0 Å². The summed E-state index contributed by atoms with van der Waals surface area (Å²) in [4.78, 5) is 0. The summed E-state index contributed by atoms with van der Waals surface area (Å²) < 4.78 is 42.9. The average Bonchev–Trinajstić information content (AvgIpc) is 2.39. The van der Waals surface area contributed by atoms with Gasteiger partial charge in [0.05, 0.1) is 31.2 Å². The van der Waals surface area contributed by atoms with E-state index in [0.717, 1.165) is 12.8 Å². The molecule has 3 saturated heterocycles. The first-order valence-electron chi connectivity index (χ1n) is 6.92. The van der Waals surface area contributed by atoms with Crippen LogP contribution in [0.15, 0.2) is 0 Å². The van der Waals surface area contributed by atoms with Crippen LogP contribution in [0.1, 0.15) is 12.8 Å². The molecule has 110 valence electrons. The molecular formula is C12H21NO5S. The second kappa shape index (κ2) is 5.65. The lowest BCUT2D eigenvalue weighted by molar-refractivity contribution is -0.166. The molecule has 0 saturated carbocycles. The van der Waals surface area contributed by atoms with Crippen molar-refractivity contribution in [1.29, 1.82) is 0 Å². The second-order valence-electron chi connectivity index (χ2n) is 5.57. The Balaban J connectivity index is 1.62. The molecule has 3 fully saturated rings. The smallest absolute Gasteiger partial charge is 0.214 e. The van der Waals surface area contributed by atoms with Crippen molar-refractivity contribution in [3.63, 3.8) is 0 Å². The molecule has 0 aliphatic carbocycles. The molecule has 0 amide bonds. The highest BCUT2D eigenvalue weighted by Gasteiger charge is 2.38. The molecule has 6 nitrogen and oxygen atoms in total. The van der Waals surface area contributed by atoms with E-state index in [1.54, 1.807) is 4.31 Å². The van der Waals surface area contributed by atoms with Gasteiger partial charge in [-0.2, -0.15) is 4.31 Å². The van der Waals surface area contributed by atoms with E-state index in [1.807, 2.05) is 0 Å². The predicted molar refractivity (Wildman–Crippen MR) is 68.4 cm³/mol. The van der Waals surface area contributed by atoms with E-state index in [-0.39, 0.29) is 23.9 Å². The predicted octanol–water partition coefficient (Wildman–Crippen LogP) is -0.158. The molecule has 0 N–H and O–H groups in total. The van der Waals surface area contributed by atoms with Crippen molar-refractivity contribution in [2.75, 3.05) is 45.3 Å². The van der Waals surface area contributed by atoms with Gasteiger partial charge >= 0.3 is 0 Å². The number of hydrogen-bond acceptors (Lipinski definition) is 5. The SMILES string of the molecule is O=S(=O)(CC1CCOCC1)N1CC2COCC(C1)O2. The Morgan fingerprint density at radius 1 is 1.00 bits per heavy atom. The molecule has 3 aliphatic rings. The summed E-state index contributed by atoms with van der Waals surface area (Å²) in [6.45, 7) is 3.23. The van der Waals surface area contributed by atoms with Crippen LogP contribution in [0, 0.1) is 5.92 Å². The number of sulfonamides is 1. The minimum absolute atomic E-state index is 0.100. The summed E-state index contributed by atoms with van der Waals surface area (Å²) in [5.41, 5.74) is 0. The van der Waals surface area contributed by atoms with Crippen LogP contribution in [0.2, 0.25) is 0 Å². The lowest BCUT2D eigenvalue weighted by Crippen LogP contribution is -2.56. The standard InChI is InChI=1S/C12H21NO5S/c14-19(15,9-10-1-3-16-4-2-10)13-5-11-7-17-8-12(6-13)18-11/h10-12H,1-9H2. The van der Waals surface area contributed by atoms with Crippen molar-refractivity contribution in [3.05, 3.63) is 0 Å². The van der Waals surface area contributed by atoms with Crippen LogP contribution in [0.25, 0.3) is 0 Å². The molecule has 0 spiro atoms. The monoisotopic (exact) mass is 291 g/mol. The fraction of sp³-hybridized carbons (Fsp3) is 1.00. The molecule has 3 aliphatic heterocycles. The number of morpholine rings is 1. The third-order valence-corrected chi connectivity index (χ3v) is 5.97. The van der Waals surface area contributed by atoms with Gasteiger partial charge in [0.2, 0.25) is 10.0 Å². The average molecular weight is 291 g/mol. The zero-order valence-corrected chi connectivity index (χ0v) is 11.8.